The molecule has 2 aromatic carbocycles. The molecule has 176 valence electrons. The van der Waals surface area contributed by atoms with Gasteiger partial charge >= 0.3 is 0 Å². The molecule has 1 aromatic heterocycles. The number of amides is 3. The van der Waals surface area contributed by atoms with Crippen LogP contribution in [-0.2, 0) is 11.3 Å². The molecule has 10 heteroatoms. The molecule has 3 aromatic rings. The fourth-order valence-electron chi connectivity index (χ4n) is 4.48. The summed E-state index contributed by atoms with van der Waals surface area (Å²) in [6.07, 6.45) is 0.756. The zero-order chi connectivity index (χ0) is 24.7. The lowest BCUT2D eigenvalue weighted by molar-refractivity contribution is -0.131. The first-order chi connectivity index (χ1) is 16.8. The smallest absolute Gasteiger partial charge is 0.268 e. The van der Waals surface area contributed by atoms with Crippen LogP contribution in [0.15, 0.2) is 48.7 Å². The van der Waals surface area contributed by atoms with Crippen LogP contribution in [0.3, 0.4) is 0 Å². The van der Waals surface area contributed by atoms with Crippen LogP contribution in [0.1, 0.15) is 32.7 Å². The van der Waals surface area contributed by atoms with Gasteiger partial charge in [-0.05, 0) is 47.0 Å². The van der Waals surface area contributed by atoms with E-state index in [-0.39, 0.29) is 11.5 Å². The van der Waals surface area contributed by atoms with Gasteiger partial charge in [-0.25, -0.2) is 8.78 Å². The van der Waals surface area contributed by atoms with E-state index in [1.165, 1.54) is 12.3 Å². The van der Waals surface area contributed by atoms with Crippen LogP contribution in [0.5, 0.6) is 0 Å². The molecule has 1 saturated heterocycles. The van der Waals surface area contributed by atoms with Gasteiger partial charge in [-0.3, -0.25) is 19.4 Å². The van der Waals surface area contributed by atoms with E-state index in [1.54, 1.807) is 24.3 Å². The van der Waals surface area contributed by atoms with Crippen LogP contribution in [0.25, 0.3) is 22.0 Å². The average Bonchev–Trinajstić information content (AvgIpc) is 3.39. The van der Waals surface area contributed by atoms with Gasteiger partial charge in [0.1, 0.15) is 6.04 Å². The Morgan fingerprint density at radius 1 is 1.20 bits per heavy atom. The number of pyridine rings is 1. The number of likely N-dealkylation sites (tertiary alicyclic amines) is 1. The molecule has 3 amide bonds. The van der Waals surface area contributed by atoms with E-state index in [1.807, 2.05) is 18.2 Å². The predicted octanol–water partition coefficient (Wildman–Crippen LogP) is 2.63. The third-order valence-corrected chi connectivity index (χ3v) is 6.25. The number of halogens is 2. The SMILES string of the molecule is N#C[C@@H]1CC(F)(F)CN1C(=O)CNC(=O)c1ccnc2ccc(-c3ccc4c(c3)CNC4=O)cc12. The molecule has 2 aliphatic heterocycles. The number of nitrogens with zero attached hydrogens (tertiary/aromatic N) is 3. The second-order valence-electron chi connectivity index (χ2n) is 8.55. The van der Waals surface area contributed by atoms with Crippen LogP contribution in [0.2, 0.25) is 0 Å². The van der Waals surface area contributed by atoms with Crippen LogP contribution in [0, 0.1) is 11.3 Å². The number of aromatic nitrogens is 1. The highest BCUT2D eigenvalue weighted by atomic mass is 19.3. The lowest BCUT2D eigenvalue weighted by atomic mass is 9.97. The van der Waals surface area contributed by atoms with Crippen molar-refractivity contribution in [2.24, 2.45) is 0 Å². The molecule has 0 saturated carbocycles. The quantitative estimate of drug-likeness (QED) is 0.602. The van der Waals surface area contributed by atoms with E-state index in [4.69, 9.17) is 5.26 Å². The zero-order valence-corrected chi connectivity index (χ0v) is 18.3. The number of nitrogens with one attached hydrogen (secondary N) is 2. The number of alkyl halides is 2. The molecule has 2 aliphatic rings. The number of fused-ring (bicyclic) bond motifs is 2. The zero-order valence-electron chi connectivity index (χ0n) is 18.3. The second-order valence-corrected chi connectivity index (χ2v) is 8.55. The van der Waals surface area contributed by atoms with Crippen molar-refractivity contribution in [1.29, 1.82) is 5.26 Å². The summed E-state index contributed by atoms with van der Waals surface area (Å²) < 4.78 is 27.3. The lowest BCUT2D eigenvalue weighted by Crippen LogP contribution is -2.43. The molecule has 0 spiro atoms. The molecule has 0 bridgehead atoms. The largest absolute Gasteiger partial charge is 0.348 e. The van der Waals surface area contributed by atoms with Crippen molar-refractivity contribution >= 4 is 28.6 Å². The maximum Gasteiger partial charge on any atom is 0.268 e. The first-order valence-electron chi connectivity index (χ1n) is 10.9. The fourth-order valence-corrected chi connectivity index (χ4v) is 4.48. The number of hydrogen-bond donors (Lipinski definition) is 2. The Balaban J connectivity index is 1.38. The summed E-state index contributed by atoms with van der Waals surface area (Å²) in [5, 5.41) is 14.9. The van der Waals surface area contributed by atoms with Gasteiger partial charge in [0.15, 0.2) is 0 Å². The van der Waals surface area contributed by atoms with Crippen molar-refractivity contribution in [2.75, 3.05) is 13.1 Å². The van der Waals surface area contributed by atoms with E-state index >= 15 is 0 Å². The van der Waals surface area contributed by atoms with Crippen molar-refractivity contribution in [1.82, 2.24) is 20.5 Å². The van der Waals surface area contributed by atoms with Crippen LogP contribution in [0.4, 0.5) is 8.78 Å². The molecule has 35 heavy (non-hydrogen) atoms. The molecule has 1 fully saturated rings. The van der Waals surface area contributed by atoms with Crippen molar-refractivity contribution in [3.05, 3.63) is 65.4 Å². The third-order valence-electron chi connectivity index (χ3n) is 6.25. The Morgan fingerprint density at radius 3 is 2.77 bits per heavy atom. The predicted molar refractivity (Wildman–Crippen MR) is 121 cm³/mol. The molecule has 2 N–H and O–H groups in total. The maximum atomic E-state index is 13.6. The Labute approximate surface area is 198 Å². The molecule has 0 aliphatic carbocycles. The van der Waals surface area contributed by atoms with Gasteiger partial charge in [0.25, 0.3) is 17.7 Å². The van der Waals surface area contributed by atoms with Crippen LogP contribution >= 0.6 is 0 Å². The Bertz CT molecular complexity index is 1430. The molecule has 3 heterocycles. The minimum Gasteiger partial charge on any atom is -0.348 e. The van der Waals surface area contributed by atoms with Crippen molar-refractivity contribution in [3.8, 4) is 17.2 Å². The van der Waals surface area contributed by atoms with Crippen molar-refractivity contribution in [3.63, 3.8) is 0 Å². The molecular weight excluding hydrogens is 456 g/mol. The first-order valence-corrected chi connectivity index (χ1v) is 10.9. The van der Waals surface area contributed by atoms with E-state index < -0.39 is 43.3 Å². The van der Waals surface area contributed by atoms with Gasteiger partial charge in [0.05, 0.1) is 30.2 Å². The summed E-state index contributed by atoms with van der Waals surface area (Å²) in [4.78, 5) is 42.3. The first kappa shape index (κ1) is 22.4. The van der Waals surface area contributed by atoms with E-state index in [2.05, 4.69) is 15.6 Å². The average molecular weight is 475 g/mol. The van der Waals surface area contributed by atoms with Gasteiger partial charge in [-0.15, -0.1) is 0 Å². The molecular formula is C25H19F2N5O3. The third kappa shape index (κ3) is 4.17. The summed E-state index contributed by atoms with van der Waals surface area (Å²) in [5.74, 6) is -4.55. The number of rotatable bonds is 4. The van der Waals surface area contributed by atoms with Gasteiger partial charge < -0.3 is 15.5 Å². The van der Waals surface area contributed by atoms with E-state index in [0.717, 1.165) is 21.6 Å². The van der Waals surface area contributed by atoms with Gasteiger partial charge in [-0.1, -0.05) is 12.1 Å². The molecule has 0 radical (unpaired) electrons. The molecule has 1 atom stereocenters. The number of carbonyl (C=O) groups is 3. The summed E-state index contributed by atoms with van der Waals surface area (Å²) in [5.41, 5.74) is 4.04. The fraction of sp³-hybridized carbons (Fsp3) is 0.240. The summed E-state index contributed by atoms with van der Waals surface area (Å²) in [7, 11) is 0. The van der Waals surface area contributed by atoms with Gasteiger partial charge in [0, 0.05) is 30.1 Å². The molecule has 0 unspecified atom stereocenters. The number of benzene rings is 2. The monoisotopic (exact) mass is 475 g/mol. The summed E-state index contributed by atoms with van der Waals surface area (Å²) in [6, 6.07) is 12.9. The highest BCUT2D eigenvalue weighted by Gasteiger charge is 2.47. The minimum atomic E-state index is -3.13. The molecule has 8 nitrogen and oxygen atoms in total. The summed E-state index contributed by atoms with van der Waals surface area (Å²) >= 11 is 0. The number of hydrogen-bond acceptors (Lipinski definition) is 5. The van der Waals surface area contributed by atoms with E-state index in [0.29, 0.717) is 23.0 Å². The highest BCUT2D eigenvalue weighted by molar-refractivity contribution is 6.08. The Kier molecular flexibility index (Phi) is 5.40. The van der Waals surface area contributed by atoms with Crippen molar-refractivity contribution in [2.45, 2.75) is 24.9 Å². The standard InChI is InChI=1S/C25H19F2N5O3/c26-25(27)9-17(10-28)32(13-25)22(33)12-31-24(35)19-5-6-29-21-4-2-15(8-20(19)21)14-1-3-18-16(7-14)11-30-23(18)34/h1-8,17H,9,11-13H2,(H,30,34)(H,31,35)/t17-/m0/s1. The van der Waals surface area contributed by atoms with Gasteiger partial charge in [-0.2, -0.15) is 5.26 Å². The second kappa shape index (κ2) is 8.43. The topological polar surface area (TPSA) is 115 Å². The Morgan fingerprint density at radius 2 is 1.97 bits per heavy atom. The van der Waals surface area contributed by atoms with Crippen molar-refractivity contribution < 1.29 is 23.2 Å². The van der Waals surface area contributed by atoms with Crippen LogP contribution < -0.4 is 10.6 Å². The maximum absolute atomic E-state index is 13.6. The number of carbonyl (C=O) groups excluding carboxylic acids is 3. The van der Waals surface area contributed by atoms with Crippen LogP contribution in [-0.4, -0.2) is 52.7 Å². The van der Waals surface area contributed by atoms with E-state index in [9.17, 15) is 23.2 Å². The number of nitriles is 1. The summed E-state index contributed by atoms with van der Waals surface area (Å²) in [6.45, 7) is -0.903. The molecule has 5 rings (SSSR count). The highest BCUT2D eigenvalue weighted by Crippen LogP contribution is 2.32. The normalized spacial score (nSPS) is 18.1. The minimum absolute atomic E-state index is 0.110. The van der Waals surface area contributed by atoms with Gasteiger partial charge in [0.2, 0.25) is 5.91 Å². The Hall–Kier alpha value is -4.39. The lowest BCUT2D eigenvalue weighted by Gasteiger charge is -2.19.